The maximum absolute atomic E-state index is 15.8. The van der Waals surface area contributed by atoms with Crippen molar-refractivity contribution in [2.45, 2.75) is 61.6 Å². The number of anilines is 1. The number of thiazole rings is 1. The van der Waals surface area contributed by atoms with Crippen LogP contribution >= 0.6 is 11.3 Å². The number of primary amides is 1. The number of nitrogens with one attached hydrogen (secondary N) is 1. The van der Waals surface area contributed by atoms with Crippen LogP contribution in [0, 0.1) is 23.4 Å². The number of benzene rings is 2. The van der Waals surface area contributed by atoms with Crippen molar-refractivity contribution in [1.29, 1.82) is 0 Å². The molecule has 2 bridgehead atoms. The lowest BCUT2D eigenvalue weighted by Gasteiger charge is -2.42. The SMILES string of the molecule is NC(=O)c1cc(-c2cc3sc(N4C[C@@H]5C[C@H]4CN5C4COC4)nc3nc2[C@H](Cc2cc(F)cc(F)c2)NC(=O)Cn2nc(C(F)(F)F)c3c2C(F)(F)[C@@H]2C=C=C[C@H]32)ccc1F. The van der Waals surface area contributed by atoms with Crippen molar-refractivity contribution < 1.29 is 49.4 Å². The molecular weight excluding hydrogens is 837 g/mol. The lowest BCUT2D eigenvalue weighted by Crippen LogP contribution is -2.56. The first-order valence-corrected chi connectivity index (χ1v) is 20.1. The molecule has 3 aromatic heterocycles. The van der Waals surface area contributed by atoms with E-state index in [1.165, 1.54) is 23.5 Å². The summed E-state index contributed by atoms with van der Waals surface area (Å²) in [6.45, 7) is 1.76. The van der Waals surface area contributed by atoms with Crippen LogP contribution < -0.4 is 16.0 Å². The molecule has 20 heteroatoms. The first kappa shape index (κ1) is 39.4. The van der Waals surface area contributed by atoms with E-state index in [-0.39, 0.29) is 40.5 Å². The summed E-state index contributed by atoms with van der Waals surface area (Å²) in [6.07, 6.45) is -2.51. The molecule has 316 valence electrons. The Morgan fingerprint density at radius 2 is 1.77 bits per heavy atom. The second kappa shape index (κ2) is 14.2. The molecule has 3 fully saturated rings. The monoisotopic (exact) mass is 868 g/mol. The van der Waals surface area contributed by atoms with E-state index < -0.39 is 88.3 Å². The van der Waals surface area contributed by atoms with Gasteiger partial charge in [0.2, 0.25) is 5.91 Å². The van der Waals surface area contributed by atoms with Gasteiger partial charge < -0.3 is 20.7 Å². The number of likely N-dealkylation sites (tertiary alicyclic amines) is 1. The highest BCUT2D eigenvalue weighted by atomic mass is 32.1. The fourth-order valence-electron chi connectivity index (χ4n) is 9.41. The molecule has 10 rings (SSSR count). The second-order valence-corrected chi connectivity index (χ2v) is 16.9. The van der Waals surface area contributed by atoms with Crippen molar-refractivity contribution in [1.82, 2.24) is 30.0 Å². The van der Waals surface area contributed by atoms with Gasteiger partial charge in [0.25, 0.3) is 11.8 Å². The lowest BCUT2D eigenvalue weighted by molar-refractivity contribution is -0.142. The van der Waals surface area contributed by atoms with Crippen LogP contribution in [0.5, 0.6) is 0 Å². The van der Waals surface area contributed by atoms with E-state index >= 15 is 8.78 Å². The van der Waals surface area contributed by atoms with Gasteiger partial charge in [0.15, 0.2) is 16.5 Å². The molecule has 2 aromatic carbocycles. The summed E-state index contributed by atoms with van der Waals surface area (Å²) in [5, 5.41) is 6.77. The van der Waals surface area contributed by atoms with Gasteiger partial charge in [-0.15, -0.1) is 5.73 Å². The fraction of sp³-hybridized carbons (Fsp3) is 0.366. The molecule has 11 nitrogen and oxygen atoms in total. The third-order valence-electron chi connectivity index (χ3n) is 12.1. The minimum atomic E-state index is -5.14. The number of aromatic nitrogens is 4. The number of pyridine rings is 1. The molecule has 61 heavy (non-hydrogen) atoms. The van der Waals surface area contributed by atoms with Crippen LogP contribution in [-0.4, -0.2) is 80.9 Å². The fourth-order valence-corrected chi connectivity index (χ4v) is 10.4. The zero-order valence-corrected chi connectivity index (χ0v) is 32.3. The summed E-state index contributed by atoms with van der Waals surface area (Å²) >= 11 is 1.33. The molecule has 0 saturated carbocycles. The molecule has 3 saturated heterocycles. The average Bonchev–Trinajstić information content (AvgIpc) is 4.01. The Labute approximate surface area is 344 Å². The van der Waals surface area contributed by atoms with Gasteiger partial charge in [0.1, 0.15) is 29.7 Å². The molecule has 5 aromatic rings. The maximum Gasteiger partial charge on any atom is 0.435 e. The zero-order chi connectivity index (χ0) is 42.7. The van der Waals surface area contributed by atoms with Crippen molar-refractivity contribution in [3.8, 4) is 11.1 Å². The van der Waals surface area contributed by atoms with Gasteiger partial charge in [-0.05, 0) is 66.5 Å². The summed E-state index contributed by atoms with van der Waals surface area (Å²) in [6, 6.07) is 7.26. The summed E-state index contributed by atoms with van der Waals surface area (Å²) in [7, 11) is 0. The number of nitrogens with zero attached hydrogens (tertiary/aromatic N) is 6. The van der Waals surface area contributed by atoms with E-state index in [1.54, 1.807) is 6.07 Å². The molecule has 6 heterocycles. The van der Waals surface area contributed by atoms with E-state index in [1.807, 2.05) is 0 Å². The highest BCUT2D eigenvalue weighted by Crippen LogP contribution is 2.58. The Kier molecular flexibility index (Phi) is 9.17. The first-order valence-electron chi connectivity index (χ1n) is 19.3. The Morgan fingerprint density at radius 1 is 1.00 bits per heavy atom. The highest BCUT2D eigenvalue weighted by molar-refractivity contribution is 7.22. The van der Waals surface area contributed by atoms with Crippen LogP contribution in [0.4, 0.5) is 40.3 Å². The largest absolute Gasteiger partial charge is 0.435 e. The number of halogens is 8. The van der Waals surface area contributed by atoms with Crippen molar-refractivity contribution in [2.75, 3.05) is 31.2 Å². The summed E-state index contributed by atoms with van der Waals surface area (Å²) < 4.78 is 125. The third-order valence-corrected chi connectivity index (χ3v) is 13.2. The summed E-state index contributed by atoms with van der Waals surface area (Å²) in [5.41, 5.74) is 4.74. The van der Waals surface area contributed by atoms with E-state index in [9.17, 15) is 35.9 Å². The molecule has 0 spiro atoms. The smallest absolute Gasteiger partial charge is 0.378 e. The van der Waals surface area contributed by atoms with Gasteiger partial charge in [-0.1, -0.05) is 17.4 Å². The number of carbonyl (C=O) groups is 2. The zero-order valence-electron chi connectivity index (χ0n) is 31.5. The standard InChI is InChI=1S/C41H32F8N8O3S/c42-20-6-18(7-21(43)10-20)8-30(51-32(58)15-57-36-33(35(54-57)41(47,48)49)25-2-1-3-28(25)40(36,45)46)34-26(19-4-5-29(44)27(9-19)37(50)59)12-31-38(52-34)53-39(61-31)56-14-22-11-23(56)13-55(22)24-16-60-17-24/h2-7,9-10,12,22-25,28,30H,8,11,13-17H2,(H2,50,59)(H,51,58)/t22-,23-,25-,28+,30-/m0/s1. The molecule has 0 radical (unpaired) electrons. The van der Waals surface area contributed by atoms with E-state index in [0.717, 1.165) is 43.3 Å². The minimum Gasteiger partial charge on any atom is -0.378 e. The van der Waals surface area contributed by atoms with Gasteiger partial charge in [-0.3, -0.25) is 19.2 Å². The number of fused-ring (bicyclic) bond motifs is 6. The molecule has 3 aliphatic heterocycles. The van der Waals surface area contributed by atoms with Gasteiger partial charge in [-0.2, -0.15) is 32.0 Å². The summed E-state index contributed by atoms with van der Waals surface area (Å²) in [5.74, 6) is -11.9. The Balaban J connectivity index is 1.06. The van der Waals surface area contributed by atoms with E-state index in [2.05, 4.69) is 25.9 Å². The van der Waals surface area contributed by atoms with Gasteiger partial charge >= 0.3 is 6.18 Å². The Hall–Kier alpha value is -5.69. The van der Waals surface area contributed by atoms with Crippen molar-refractivity contribution >= 4 is 38.6 Å². The molecule has 5 atom stereocenters. The molecule has 5 aliphatic rings. The maximum atomic E-state index is 15.8. The Morgan fingerprint density at radius 3 is 2.44 bits per heavy atom. The number of hydrogen-bond donors (Lipinski definition) is 2. The number of nitrogens with two attached hydrogens (primary N) is 1. The van der Waals surface area contributed by atoms with Crippen LogP contribution in [0.15, 0.2) is 60.3 Å². The predicted octanol–water partition coefficient (Wildman–Crippen LogP) is 6.38. The molecule has 3 N–H and O–H groups in total. The van der Waals surface area contributed by atoms with Crippen LogP contribution in [0.1, 0.15) is 56.9 Å². The predicted molar refractivity (Wildman–Crippen MR) is 203 cm³/mol. The first-order chi connectivity index (χ1) is 29.0. The van der Waals surface area contributed by atoms with Crippen LogP contribution in [0.25, 0.3) is 21.5 Å². The number of carbonyl (C=O) groups excluding carboxylic acids is 2. The van der Waals surface area contributed by atoms with E-state index in [4.69, 9.17) is 20.4 Å². The highest BCUT2D eigenvalue weighted by Gasteiger charge is 2.60. The van der Waals surface area contributed by atoms with Crippen LogP contribution in [-0.2, 0) is 34.6 Å². The third kappa shape index (κ3) is 6.67. The Bertz CT molecular complexity index is 2710. The van der Waals surface area contributed by atoms with Crippen molar-refractivity contribution in [3.05, 3.63) is 112 Å². The number of allylic oxidation sites excluding steroid dienone is 1. The number of amides is 2. The topological polar surface area (TPSA) is 132 Å². The number of hydrogen-bond acceptors (Lipinski definition) is 9. The number of ether oxygens (including phenoxy) is 1. The van der Waals surface area contributed by atoms with E-state index in [0.29, 0.717) is 52.4 Å². The van der Waals surface area contributed by atoms with Crippen LogP contribution in [0.2, 0.25) is 0 Å². The van der Waals surface area contributed by atoms with Crippen LogP contribution in [0.3, 0.4) is 0 Å². The van der Waals surface area contributed by atoms with Crippen molar-refractivity contribution in [2.24, 2.45) is 11.7 Å². The number of piperazine rings is 1. The van der Waals surface area contributed by atoms with Crippen molar-refractivity contribution in [3.63, 3.8) is 0 Å². The quantitative estimate of drug-likeness (QED) is 0.122. The minimum absolute atomic E-state index is 0.000287. The molecule has 0 unspecified atom stereocenters. The number of alkyl halides is 5. The second-order valence-electron chi connectivity index (χ2n) is 15.9. The molecule has 2 aliphatic carbocycles. The van der Waals surface area contributed by atoms with Gasteiger partial charge in [0.05, 0.1) is 47.2 Å². The number of rotatable bonds is 10. The normalized spacial score (nSPS) is 23.2. The summed E-state index contributed by atoms with van der Waals surface area (Å²) in [4.78, 5) is 40.7. The average molecular weight is 869 g/mol. The molecule has 2 amide bonds. The van der Waals surface area contributed by atoms with Gasteiger partial charge in [0, 0.05) is 48.3 Å². The lowest BCUT2D eigenvalue weighted by atomic mass is 9.94. The van der Waals surface area contributed by atoms with Gasteiger partial charge in [-0.25, -0.2) is 18.2 Å². The molecular formula is C41H32F8N8O3S.